The normalized spacial score (nSPS) is 10.6. The van der Waals surface area contributed by atoms with Crippen LogP contribution in [0.4, 0.5) is 0 Å². The van der Waals surface area contributed by atoms with Crippen LogP contribution in [-0.4, -0.2) is 22.1 Å². The van der Waals surface area contributed by atoms with Gasteiger partial charge in [-0.15, -0.1) is 0 Å². The van der Waals surface area contributed by atoms with E-state index in [-0.39, 0.29) is 5.69 Å². The molecular weight excluding hydrogens is 190 g/mol. The van der Waals surface area contributed by atoms with Gasteiger partial charge in [0.05, 0.1) is 0 Å². The lowest BCUT2D eigenvalue weighted by molar-refractivity contribution is 0.597. The van der Waals surface area contributed by atoms with Crippen molar-refractivity contribution >= 4 is 0 Å². The number of nitrogens with zero attached hydrogens (tertiary/aromatic N) is 2. The van der Waals surface area contributed by atoms with Crippen LogP contribution in [0.15, 0.2) is 35.4 Å². The Bertz CT molecular complexity index is 381. The second-order valence-electron chi connectivity index (χ2n) is 3.82. The first kappa shape index (κ1) is 11.7. The molecule has 82 valence electrons. The van der Waals surface area contributed by atoms with E-state index in [1.165, 1.54) is 6.20 Å². The summed E-state index contributed by atoms with van der Waals surface area (Å²) in [6, 6.07) is 2.16. The molecule has 15 heavy (non-hydrogen) atoms. The van der Waals surface area contributed by atoms with E-state index in [1.54, 1.807) is 16.8 Å². The molecule has 1 aromatic rings. The Hall–Kier alpha value is -1.42. The molecule has 4 nitrogen and oxygen atoms in total. The quantitative estimate of drug-likeness (QED) is 0.726. The van der Waals surface area contributed by atoms with Crippen molar-refractivity contribution < 1.29 is 0 Å². The van der Waals surface area contributed by atoms with Crippen LogP contribution in [0.25, 0.3) is 0 Å². The summed E-state index contributed by atoms with van der Waals surface area (Å²) in [5, 5.41) is 3.25. The summed E-state index contributed by atoms with van der Waals surface area (Å²) in [5.41, 5.74) is 0.738. The van der Waals surface area contributed by atoms with Gasteiger partial charge in [0.1, 0.15) is 0 Å². The second kappa shape index (κ2) is 5.46. The molecule has 4 heteroatoms. The molecule has 0 fully saturated rings. The molecule has 0 bridgehead atoms. The number of rotatable bonds is 5. The summed E-state index contributed by atoms with van der Waals surface area (Å²) < 4.78 is 1.55. The van der Waals surface area contributed by atoms with Gasteiger partial charge in [-0.2, -0.15) is 0 Å². The highest BCUT2D eigenvalue weighted by atomic mass is 16.1. The molecule has 0 aromatic carbocycles. The molecule has 0 amide bonds. The second-order valence-corrected chi connectivity index (χ2v) is 3.82. The highest BCUT2D eigenvalue weighted by Gasteiger charge is 1.99. The fourth-order valence-corrected chi connectivity index (χ4v) is 1.15. The van der Waals surface area contributed by atoms with Crippen molar-refractivity contribution in [1.82, 2.24) is 14.9 Å². The van der Waals surface area contributed by atoms with Crippen molar-refractivity contribution in [3.8, 4) is 0 Å². The summed E-state index contributed by atoms with van der Waals surface area (Å²) in [4.78, 5) is 15.0. The molecule has 1 aromatic heterocycles. The zero-order chi connectivity index (χ0) is 11.3. The standard InChI is InChI=1S/C11H17N3O/c1-9(2)13-7-10(3)8-14-6-4-5-12-11(14)15/h4-6,9,13H,3,7-8H2,1-2H3. The summed E-state index contributed by atoms with van der Waals surface area (Å²) in [7, 11) is 0. The first-order valence-corrected chi connectivity index (χ1v) is 5.01. The third-order valence-corrected chi connectivity index (χ3v) is 1.94. The van der Waals surface area contributed by atoms with E-state index in [2.05, 4.69) is 30.7 Å². The SMILES string of the molecule is C=C(CNC(C)C)Cn1cccnc1=O. The van der Waals surface area contributed by atoms with E-state index in [4.69, 9.17) is 0 Å². The van der Waals surface area contributed by atoms with E-state index in [1.807, 2.05) is 0 Å². The van der Waals surface area contributed by atoms with Crippen molar-refractivity contribution in [3.63, 3.8) is 0 Å². The Morgan fingerprint density at radius 2 is 2.40 bits per heavy atom. The van der Waals surface area contributed by atoms with Crippen molar-refractivity contribution in [2.45, 2.75) is 26.4 Å². The van der Waals surface area contributed by atoms with Crippen LogP contribution in [0.1, 0.15) is 13.8 Å². The Morgan fingerprint density at radius 3 is 3.00 bits per heavy atom. The van der Waals surface area contributed by atoms with Crippen LogP contribution in [0, 0.1) is 0 Å². The van der Waals surface area contributed by atoms with Crippen LogP contribution in [0.5, 0.6) is 0 Å². The molecule has 1 rings (SSSR count). The van der Waals surface area contributed by atoms with Crippen molar-refractivity contribution in [2.75, 3.05) is 6.54 Å². The fraction of sp³-hybridized carbons (Fsp3) is 0.455. The molecule has 0 spiro atoms. The lowest BCUT2D eigenvalue weighted by Crippen LogP contribution is -2.28. The van der Waals surface area contributed by atoms with Gasteiger partial charge >= 0.3 is 5.69 Å². The van der Waals surface area contributed by atoms with Crippen molar-refractivity contribution in [2.24, 2.45) is 0 Å². The Labute approximate surface area is 89.7 Å². The van der Waals surface area contributed by atoms with E-state index in [0.29, 0.717) is 12.6 Å². The molecule has 0 radical (unpaired) electrons. The number of aromatic nitrogens is 2. The van der Waals surface area contributed by atoms with Crippen LogP contribution in [0.2, 0.25) is 0 Å². The minimum atomic E-state index is -0.233. The number of hydrogen-bond acceptors (Lipinski definition) is 3. The van der Waals surface area contributed by atoms with Crippen LogP contribution < -0.4 is 11.0 Å². The molecule has 1 heterocycles. The molecular formula is C11H17N3O. The lowest BCUT2D eigenvalue weighted by Gasteiger charge is -2.11. The molecule has 0 aliphatic heterocycles. The smallest absolute Gasteiger partial charge is 0.311 e. The predicted octanol–water partition coefficient (Wildman–Crippen LogP) is 0.798. The third-order valence-electron chi connectivity index (χ3n) is 1.94. The van der Waals surface area contributed by atoms with Crippen LogP contribution >= 0.6 is 0 Å². The molecule has 0 aliphatic carbocycles. The maximum absolute atomic E-state index is 11.3. The van der Waals surface area contributed by atoms with E-state index < -0.39 is 0 Å². The molecule has 1 N–H and O–H groups in total. The summed E-state index contributed by atoms with van der Waals surface area (Å²) in [5.74, 6) is 0. The van der Waals surface area contributed by atoms with Crippen LogP contribution in [-0.2, 0) is 6.54 Å². The minimum Gasteiger partial charge on any atom is -0.311 e. The summed E-state index contributed by atoms with van der Waals surface area (Å²) >= 11 is 0. The van der Waals surface area contributed by atoms with E-state index in [0.717, 1.165) is 12.1 Å². The van der Waals surface area contributed by atoms with Gasteiger partial charge in [0.25, 0.3) is 0 Å². The third kappa shape index (κ3) is 4.08. The maximum atomic E-state index is 11.3. The minimum absolute atomic E-state index is 0.233. The fourth-order valence-electron chi connectivity index (χ4n) is 1.15. The van der Waals surface area contributed by atoms with Crippen molar-refractivity contribution in [3.05, 3.63) is 41.1 Å². The zero-order valence-electron chi connectivity index (χ0n) is 9.23. The molecule has 0 saturated carbocycles. The molecule has 0 unspecified atom stereocenters. The monoisotopic (exact) mass is 207 g/mol. The molecule has 0 saturated heterocycles. The first-order valence-electron chi connectivity index (χ1n) is 5.01. The van der Waals surface area contributed by atoms with Gasteiger partial charge in [0.15, 0.2) is 0 Å². The molecule has 0 aliphatic rings. The van der Waals surface area contributed by atoms with Crippen molar-refractivity contribution in [1.29, 1.82) is 0 Å². The lowest BCUT2D eigenvalue weighted by atomic mass is 10.2. The highest BCUT2D eigenvalue weighted by Crippen LogP contribution is 1.93. The Balaban J connectivity index is 2.52. The van der Waals surface area contributed by atoms with E-state index in [9.17, 15) is 4.79 Å². The highest BCUT2D eigenvalue weighted by molar-refractivity contribution is 4.98. The van der Waals surface area contributed by atoms with E-state index >= 15 is 0 Å². The van der Waals surface area contributed by atoms with Gasteiger partial charge in [-0.1, -0.05) is 20.4 Å². The molecule has 0 atom stereocenters. The van der Waals surface area contributed by atoms with Gasteiger partial charge in [-0.05, 0) is 11.6 Å². The average molecular weight is 207 g/mol. The van der Waals surface area contributed by atoms with Gasteiger partial charge < -0.3 is 5.32 Å². The van der Waals surface area contributed by atoms with Crippen LogP contribution in [0.3, 0.4) is 0 Å². The first-order chi connectivity index (χ1) is 7.09. The Kier molecular flexibility index (Phi) is 4.24. The van der Waals surface area contributed by atoms with Gasteiger partial charge in [-0.25, -0.2) is 9.78 Å². The topological polar surface area (TPSA) is 46.9 Å². The predicted molar refractivity (Wildman–Crippen MR) is 60.8 cm³/mol. The maximum Gasteiger partial charge on any atom is 0.347 e. The van der Waals surface area contributed by atoms with Gasteiger partial charge in [-0.3, -0.25) is 4.57 Å². The summed E-state index contributed by atoms with van der Waals surface area (Å²) in [6.07, 6.45) is 3.21. The largest absolute Gasteiger partial charge is 0.347 e. The summed E-state index contributed by atoms with van der Waals surface area (Å²) in [6.45, 7) is 9.30. The van der Waals surface area contributed by atoms with Gasteiger partial charge in [0, 0.05) is 31.5 Å². The average Bonchev–Trinajstić information content (AvgIpc) is 2.18. The zero-order valence-corrected chi connectivity index (χ0v) is 9.23. The van der Waals surface area contributed by atoms with Gasteiger partial charge in [0.2, 0.25) is 0 Å². The number of nitrogens with one attached hydrogen (secondary N) is 1. The Morgan fingerprint density at radius 1 is 1.67 bits per heavy atom. The number of hydrogen-bond donors (Lipinski definition) is 1.